The van der Waals surface area contributed by atoms with E-state index >= 15 is 0 Å². The predicted molar refractivity (Wildman–Crippen MR) is 153 cm³/mol. The van der Waals surface area contributed by atoms with Crippen LogP contribution in [0, 0.1) is 6.92 Å². The summed E-state index contributed by atoms with van der Waals surface area (Å²) in [6, 6.07) is 16.2. The van der Waals surface area contributed by atoms with Crippen molar-refractivity contribution in [2.75, 3.05) is 19.8 Å². The second kappa shape index (κ2) is 10.0. The van der Waals surface area contributed by atoms with Gasteiger partial charge >= 0.3 is 0 Å². The number of fused-ring (bicyclic) bond motifs is 4. The Labute approximate surface area is 231 Å². The van der Waals surface area contributed by atoms with Gasteiger partial charge in [0.2, 0.25) is 0 Å². The SMILES string of the molecule is Cc1cc2c(cc1C(=O)N1CCc3ccccc3C1Cc1ccncc1)[nH]c(=O)c1cnc(C3CCOCC3)n12. The summed E-state index contributed by atoms with van der Waals surface area (Å²) in [6.07, 6.45) is 8.51. The number of aromatic nitrogens is 4. The number of ether oxygens (including phenoxy) is 1. The van der Waals surface area contributed by atoms with Gasteiger partial charge in [-0.15, -0.1) is 0 Å². The lowest BCUT2D eigenvalue weighted by Crippen LogP contribution is -2.41. The summed E-state index contributed by atoms with van der Waals surface area (Å²) in [5.74, 6) is 1.09. The van der Waals surface area contributed by atoms with Gasteiger partial charge in [0.1, 0.15) is 11.3 Å². The van der Waals surface area contributed by atoms with E-state index in [1.165, 1.54) is 11.1 Å². The number of aryl methyl sites for hydroxylation is 1. The van der Waals surface area contributed by atoms with Gasteiger partial charge in [-0.3, -0.25) is 19.0 Å². The first-order chi connectivity index (χ1) is 19.6. The van der Waals surface area contributed by atoms with Crippen molar-refractivity contribution in [3.05, 3.63) is 111 Å². The molecule has 1 unspecified atom stereocenters. The summed E-state index contributed by atoms with van der Waals surface area (Å²) in [5, 5.41) is 0. The first kappa shape index (κ1) is 24.7. The lowest BCUT2D eigenvalue weighted by Gasteiger charge is -2.38. The van der Waals surface area contributed by atoms with Gasteiger partial charge < -0.3 is 14.6 Å². The van der Waals surface area contributed by atoms with E-state index in [1.807, 2.05) is 46.6 Å². The molecular weight excluding hydrogens is 502 g/mol. The molecule has 8 nitrogen and oxygen atoms in total. The monoisotopic (exact) mass is 533 g/mol. The maximum absolute atomic E-state index is 14.3. The summed E-state index contributed by atoms with van der Waals surface area (Å²) in [6.45, 7) is 3.99. The zero-order valence-corrected chi connectivity index (χ0v) is 22.5. The van der Waals surface area contributed by atoms with Crippen molar-refractivity contribution in [3.63, 3.8) is 0 Å². The number of hydrogen-bond donors (Lipinski definition) is 1. The van der Waals surface area contributed by atoms with Gasteiger partial charge in [-0.1, -0.05) is 24.3 Å². The summed E-state index contributed by atoms with van der Waals surface area (Å²) in [4.78, 5) is 41.2. The lowest BCUT2D eigenvalue weighted by molar-refractivity contribution is 0.0659. The fourth-order valence-corrected chi connectivity index (χ4v) is 6.43. The Kier molecular flexibility index (Phi) is 6.20. The molecule has 2 aliphatic heterocycles. The minimum atomic E-state index is -0.206. The van der Waals surface area contributed by atoms with E-state index in [-0.39, 0.29) is 23.4 Å². The van der Waals surface area contributed by atoms with Gasteiger partial charge in [0.15, 0.2) is 0 Å². The Morgan fingerprint density at radius 2 is 1.88 bits per heavy atom. The molecule has 7 rings (SSSR count). The van der Waals surface area contributed by atoms with Gasteiger partial charge in [0, 0.05) is 43.6 Å². The molecule has 3 aromatic heterocycles. The minimum absolute atomic E-state index is 0.0239. The molecule has 202 valence electrons. The molecule has 40 heavy (non-hydrogen) atoms. The number of pyridine rings is 1. The average molecular weight is 534 g/mol. The van der Waals surface area contributed by atoms with Crippen LogP contribution >= 0.6 is 0 Å². The topological polar surface area (TPSA) is 92.6 Å². The maximum Gasteiger partial charge on any atom is 0.274 e. The smallest absolute Gasteiger partial charge is 0.274 e. The van der Waals surface area contributed by atoms with Gasteiger partial charge in [-0.2, -0.15) is 0 Å². The molecule has 0 spiro atoms. The molecule has 2 aromatic carbocycles. The van der Waals surface area contributed by atoms with E-state index in [1.54, 1.807) is 18.6 Å². The molecular formula is C32H31N5O3. The second-order valence-corrected chi connectivity index (χ2v) is 10.9. The van der Waals surface area contributed by atoms with Crippen LogP contribution in [0.4, 0.5) is 0 Å². The first-order valence-corrected chi connectivity index (χ1v) is 14.0. The van der Waals surface area contributed by atoms with E-state index in [9.17, 15) is 9.59 Å². The van der Waals surface area contributed by atoms with Crippen LogP contribution < -0.4 is 5.56 Å². The molecule has 5 aromatic rings. The number of carbonyl (C=O) groups is 1. The highest BCUT2D eigenvalue weighted by Crippen LogP contribution is 2.35. The average Bonchev–Trinajstić information content (AvgIpc) is 3.45. The van der Waals surface area contributed by atoms with Crippen LogP contribution in [0.25, 0.3) is 16.6 Å². The molecule has 1 saturated heterocycles. The summed E-state index contributed by atoms with van der Waals surface area (Å²) < 4.78 is 7.54. The standard InChI is InChI=1S/C32H31N5O3/c1-20-16-28-26(35-31(38)29-19-34-30(37(28)29)23-9-14-40-15-10-23)18-25(20)32(39)36-13-8-22-4-2-3-5-24(22)27(36)17-21-6-11-33-12-7-21/h2-7,11-12,16,18-19,23,27H,8-10,13-15,17H2,1H3,(H,35,38). The Morgan fingerprint density at radius 1 is 1.07 bits per heavy atom. The summed E-state index contributed by atoms with van der Waals surface area (Å²) in [5.41, 5.74) is 6.91. The Bertz CT molecular complexity index is 1790. The highest BCUT2D eigenvalue weighted by Gasteiger charge is 2.32. The molecule has 0 aliphatic carbocycles. The lowest BCUT2D eigenvalue weighted by atomic mass is 9.88. The third-order valence-corrected chi connectivity index (χ3v) is 8.52. The largest absolute Gasteiger partial charge is 0.381 e. The molecule has 0 bridgehead atoms. The van der Waals surface area contributed by atoms with Crippen molar-refractivity contribution in [2.24, 2.45) is 0 Å². The number of H-pyrrole nitrogens is 1. The molecule has 1 N–H and O–H groups in total. The van der Waals surface area contributed by atoms with E-state index in [4.69, 9.17) is 4.74 Å². The molecule has 0 radical (unpaired) electrons. The normalized spacial score (nSPS) is 17.8. The first-order valence-electron chi connectivity index (χ1n) is 14.0. The van der Waals surface area contributed by atoms with Crippen molar-refractivity contribution < 1.29 is 9.53 Å². The van der Waals surface area contributed by atoms with Crippen molar-refractivity contribution in [1.29, 1.82) is 0 Å². The molecule has 1 fully saturated rings. The van der Waals surface area contributed by atoms with Crippen LogP contribution in [-0.4, -0.2) is 49.9 Å². The highest BCUT2D eigenvalue weighted by atomic mass is 16.5. The van der Waals surface area contributed by atoms with Crippen LogP contribution in [-0.2, 0) is 17.6 Å². The molecule has 5 heterocycles. The summed E-state index contributed by atoms with van der Waals surface area (Å²) >= 11 is 0. The van der Waals surface area contributed by atoms with Gasteiger partial charge in [-0.05, 0) is 79.1 Å². The molecule has 2 aliphatic rings. The van der Waals surface area contributed by atoms with Crippen LogP contribution in [0.3, 0.4) is 0 Å². The third kappa shape index (κ3) is 4.19. The van der Waals surface area contributed by atoms with Crippen molar-refractivity contribution in [2.45, 2.75) is 44.6 Å². The number of rotatable bonds is 4. The van der Waals surface area contributed by atoms with E-state index < -0.39 is 0 Å². The van der Waals surface area contributed by atoms with E-state index in [2.05, 4.69) is 33.2 Å². The fraction of sp³-hybridized carbons (Fsp3) is 0.312. The van der Waals surface area contributed by atoms with Gasteiger partial charge in [-0.25, -0.2) is 4.98 Å². The van der Waals surface area contributed by atoms with E-state index in [0.717, 1.165) is 41.7 Å². The predicted octanol–water partition coefficient (Wildman–Crippen LogP) is 4.76. The van der Waals surface area contributed by atoms with Gasteiger partial charge in [0.05, 0.1) is 23.3 Å². The minimum Gasteiger partial charge on any atom is -0.381 e. The van der Waals surface area contributed by atoms with Crippen molar-refractivity contribution in [1.82, 2.24) is 24.3 Å². The molecule has 1 atom stereocenters. The van der Waals surface area contributed by atoms with Crippen LogP contribution in [0.2, 0.25) is 0 Å². The number of nitrogens with zero attached hydrogens (tertiary/aromatic N) is 4. The van der Waals surface area contributed by atoms with E-state index in [0.29, 0.717) is 42.8 Å². The Morgan fingerprint density at radius 3 is 2.70 bits per heavy atom. The van der Waals surface area contributed by atoms with Crippen LogP contribution in [0.15, 0.2) is 71.9 Å². The highest BCUT2D eigenvalue weighted by molar-refractivity contribution is 5.99. The Balaban J connectivity index is 1.31. The zero-order chi connectivity index (χ0) is 27.2. The van der Waals surface area contributed by atoms with Crippen molar-refractivity contribution >= 4 is 22.5 Å². The quantitative estimate of drug-likeness (QED) is 0.360. The number of amides is 1. The van der Waals surface area contributed by atoms with Crippen molar-refractivity contribution in [3.8, 4) is 0 Å². The van der Waals surface area contributed by atoms with Crippen LogP contribution in [0.5, 0.6) is 0 Å². The number of carbonyl (C=O) groups excluding carboxylic acids is 1. The number of benzene rings is 2. The number of imidazole rings is 1. The number of aromatic amines is 1. The number of hydrogen-bond acceptors (Lipinski definition) is 5. The zero-order valence-electron chi connectivity index (χ0n) is 22.5. The Hall–Kier alpha value is -4.30. The number of nitrogens with one attached hydrogen (secondary N) is 1. The third-order valence-electron chi connectivity index (χ3n) is 8.52. The maximum atomic E-state index is 14.3. The second-order valence-electron chi connectivity index (χ2n) is 10.9. The summed E-state index contributed by atoms with van der Waals surface area (Å²) in [7, 11) is 0. The molecule has 0 saturated carbocycles. The van der Waals surface area contributed by atoms with Gasteiger partial charge in [0.25, 0.3) is 11.5 Å². The molecule has 1 amide bonds. The fourth-order valence-electron chi connectivity index (χ4n) is 6.43. The molecule has 8 heteroatoms. The van der Waals surface area contributed by atoms with Crippen LogP contribution in [0.1, 0.15) is 63.2 Å².